The molecule has 6 heteroatoms. The van der Waals surface area contributed by atoms with Crippen LogP contribution < -0.4 is 0 Å². The fraction of sp³-hybridized carbons (Fsp3) is 0.900. The third-order valence-corrected chi connectivity index (χ3v) is 4.72. The minimum absolute atomic E-state index is 0.257. The molecule has 0 saturated heterocycles. The Morgan fingerprint density at radius 3 is 1.88 bits per heavy atom. The summed E-state index contributed by atoms with van der Waals surface area (Å²) in [6.07, 6.45) is 12.5. The topological polar surface area (TPSA) is 55.8 Å². The Kier molecular flexibility index (Phi) is 16.8. The number of alkyl halides is 1. The van der Waals surface area contributed by atoms with Gasteiger partial charge in [0.2, 0.25) is 0 Å². The maximum absolute atomic E-state index is 12.0. The maximum atomic E-state index is 12.0. The van der Waals surface area contributed by atoms with E-state index in [1.807, 2.05) is 0 Å². The summed E-state index contributed by atoms with van der Waals surface area (Å²) in [5.74, 6) is 0.0469. The highest BCUT2D eigenvalue weighted by Crippen LogP contribution is 2.11. The normalized spacial score (nSPS) is 11.8. The average molecular weight is 392 g/mol. The first kappa shape index (κ1) is 25.0. The molecule has 0 aromatic rings. The van der Waals surface area contributed by atoms with Crippen molar-refractivity contribution in [3.63, 3.8) is 0 Å². The van der Waals surface area contributed by atoms with Crippen molar-refractivity contribution in [2.75, 3.05) is 26.1 Å². The molecule has 0 heterocycles. The Labute approximate surface area is 164 Å². The molecule has 0 aromatic carbocycles. The zero-order chi connectivity index (χ0) is 19.6. The summed E-state index contributed by atoms with van der Waals surface area (Å²) in [6, 6.07) is -0.651. The van der Waals surface area contributed by atoms with Gasteiger partial charge in [-0.15, -0.1) is 11.6 Å². The zero-order valence-electron chi connectivity index (χ0n) is 16.9. The van der Waals surface area contributed by atoms with Gasteiger partial charge < -0.3 is 9.47 Å². The van der Waals surface area contributed by atoms with Crippen molar-refractivity contribution in [2.24, 2.45) is 0 Å². The second kappa shape index (κ2) is 17.4. The van der Waals surface area contributed by atoms with Gasteiger partial charge in [0.05, 0.1) is 13.2 Å². The molecule has 0 bridgehead atoms. The van der Waals surface area contributed by atoms with Crippen molar-refractivity contribution >= 4 is 23.7 Å². The SMILES string of the molecule is CCCCCCCCCCCCOC(=O)C(C)N(C)C(=O)OCCCCl. The Balaban J connectivity index is 3.64. The van der Waals surface area contributed by atoms with Crippen molar-refractivity contribution < 1.29 is 19.1 Å². The Hall–Kier alpha value is -0.970. The fourth-order valence-electron chi connectivity index (χ4n) is 2.51. The molecular weight excluding hydrogens is 354 g/mol. The third-order valence-electron chi connectivity index (χ3n) is 4.46. The summed E-state index contributed by atoms with van der Waals surface area (Å²) < 4.78 is 10.3. The van der Waals surface area contributed by atoms with Crippen LogP contribution in [0.5, 0.6) is 0 Å². The van der Waals surface area contributed by atoms with Crippen LogP contribution in [0.4, 0.5) is 4.79 Å². The number of hydrogen-bond donors (Lipinski definition) is 0. The van der Waals surface area contributed by atoms with Gasteiger partial charge in [-0.25, -0.2) is 9.59 Å². The van der Waals surface area contributed by atoms with Gasteiger partial charge in [-0.2, -0.15) is 0 Å². The van der Waals surface area contributed by atoms with Gasteiger partial charge in [0.25, 0.3) is 0 Å². The number of nitrogens with zero attached hydrogens (tertiary/aromatic N) is 1. The van der Waals surface area contributed by atoms with E-state index in [0.717, 1.165) is 12.8 Å². The van der Waals surface area contributed by atoms with E-state index < -0.39 is 18.1 Å². The Bertz CT molecular complexity index is 366. The molecule has 0 spiro atoms. The molecule has 0 aromatic heterocycles. The summed E-state index contributed by atoms with van der Waals surface area (Å²) in [4.78, 5) is 25.0. The van der Waals surface area contributed by atoms with E-state index >= 15 is 0 Å². The number of likely N-dealkylation sites (N-methyl/N-ethyl adjacent to an activating group) is 1. The first-order chi connectivity index (χ1) is 12.5. The van der Waals surface area contributed by atoms with E-state index in [9.17, 15) is 9.59 Å². The fourth-order valence-corrected chi connectivity index (χ4v) is 2.62. The largest absolute Gasteiger partial charge is 0.464 e. The number of amides is 1. The molecule has 1 unspecified atom stereocenters. The molecule has 0 fully saturated rings. The minimum atomic E-state index is -0.651. The Morgan fingerprint density at radius 1 is 0.846 bits per heavy atom. The lowest BCUT2D eigenvalue weighted by Gasteiger charge is -2.22. The molecule has 1 amide bonds. The lowest BCUT2D eigenvalue weighted by atomic mass is 10.1. The molecule has 0 saturated carbocycles. The smallest absolute Gasteiger partial charge is 0.410 e. The lowest BCUT2D eigenvalue weighted by Crippen LogP contribution is -2.41. The van der Waals surface area contributed by atoms with Crippen molar-refractivity contribution in [1.82, 2.24) is 4.90 Å². The summed E-state index contributed by atoms with van der Waals surface area (Å²) in [5.41, 5.74) is 0. The van der Waals surface area contributed by atoms with Crippen LogP contribution in [-0.2, 0) is 14.3 Å². The highest BCUT2D eigenvalue weighted by molar-refractivity contribution is 6.17. The van der Waals surface area contributed by atoms with Crippen LogP contribution >= 0.6 is 11.6 Å². The zero-order valence-corrected chi connectivity index (χ0v) is 17.7. The van der Waals surface area contributed by atoms with Crippen molar-refractivity contribution in [2.45, 2.75) is 90.5 Å². The quantitative estimate of drug-likeness (QED) is 0.197. The molecule has 5 nitrogen and oxygen atoms in total. The standard InChI is InChI=1S/C20H38ClNO4/c1-4-5-6-7-8-9-10-11-12-13-16-25-19(23)18(2)22(3)20(24)26-17-14-15-21/h18H,4-17H2,1-3H3. The highest BCUT2D eigenvalue weighted by atomic mass is 35.5. The van der Waals surface area contributed by atoms with Crippen molar-refractivity contribution in [3.8, 4) is 0 Å². The van der Waals surface area contributed by atoms with Crippen LogP contribution in [0.3, 0.4) is 0 Å². The van der Waals surface area contributed by atoms with Gasteiger partial charge in [0.1, 0.15) is 6.04 Å². The van der Waals surface area contributed by atoms with E-state index in [2.05, 4.69) is 6.92 Å². The molecule has 0 N–H and O–H groups in total. The molecule has 26 heavy (non-hydrogen) atoms. The summed E-state index contributed by atoms with van der Waals surface area (Å²) >= 11 is 5.53. The maximum Gasteiger partial charge on any atom is 0.410 e. The second-order valence-electron chi connectivity index (χ2n) is 6.79. The van der Waals surface area contributed by atoms with Gasteiger partial charge in [-0.05, 0) is 19.8 Å². The first-order valence-electron chi connectivity index (χ1n) is 10.2. The highest BCUT2D eigenvalue weighted by Gasteiger charge is 2.24. The van der Waals surface area contributed by atoms with Crippen LogP contribution in [0, 0.1) is 0 Å². The van der Waals surface area contributed by atoms with Crippen LogP contribution in [0.15, 0.2) is 0 Å². The predicted molar refractivity (Wildman–Crippen MR) is 107 cm³/mol. The molecule has 0 rings (SSSR count). The number of carbonyl (C=O) groups excluding carboxylic acids is 2. The molecule has 0 aliphatic heterocycles. The van der Waals surface area contributed by atoms with Gasteiger partial charge in [0, 0.05) is 12.9 Å². The molecule has 1 atom stereocenters. The van der Waals surface area contributed by atoms with E-state index in [0.29, 0.717) is 18.9 Å². The van der Waals surface area contributed by atoms with E-state index in [-0.39, 0.29) is 6.61 Å². The predicted octanol–water partition coefficient (Wildman–Crippen LogP) is 5.54. The summed E-state index contributed by atoms with van der Waals surface area (Å²) in [7, 11) is 1.54. The number of rotatable bonds is 16. The van der Waals surface area contributed by atoms with Gasteiger partial charge in [0.15, 0.2) is 0 Å². The van der Waals surface area contributed by atoms with Gasteiger partial charge in [-0.3, -0.25) is 4.90 Å². The third kappa shape index (κ3) is 13.3. The summed E-state index contributed by atoms with van der Waals surface area (Å²) in [5, 5.41) is 0. The lowest BCUT2D eigenvalue weighted by molar-refractivity contribution is -0.148. The molecule has 0 aliphatic rings. The van der Waals surface area contributed by atoms with Crippen molar-refractivity contribution in [1.29, 1.82) is 0 Å². The number of unbranched alkanes of at least 4 members (excludes halogenated alkanes) is 9. The van der Waals surface area contributed by atoms with Crippen LogP contribution in [0.2, 0.25) is 0 Å². The number of halogens is 1. The van der Waals surface area contributed by atoms with Crippen LogP contribution in [0.1, 0.15) is 84.5 Å². The molecule has 0 radical (unpaired) electrons. The summed E-state index contributed by atoms with van der Waals surface area (Å²) in [6.45, 7) is 4.55. The van der Waals surface area contributed by atoms with Crippen molar-refractivity contribution in [3.05, 3.63) is 0 Å². The average Bonchev–Trinajstić information content (AvgIpc) is 2.64. The monoisotopic (exact) mass is 391 g/mol. The van der Waals surface area contributed by atoms with Crippen LogP contribution in [0.25, 0.3) is 0 Å². The molecule has 154 valence electrons. The first-order valence-corrected chi connectivity index (χ1v) is 10.7. The number of carbonyl (C=O) groups is 2. The molecule has 0 aliphatic carbocycles. The van der Waals surface area contributed by atoms with E-state index in [1.54, 1.807) is 6.92 Å². The Morgan fingerprint density at radius 2 is 1.35 bits per heavy atom. The molecular formula is C20H38ClNO4. The minimum Gasteiger partial charge on any atom is -0.464 e. The number of ether oxygens (including phenoxy) is 2. The van der Waals surface area contributed by atoms with Gasteiger partial charge in [-0.1, -0.05) is 64.7 Å². The van der Waals surface area contributed by atoms with Crippen LogP contribution in [-0.4, -0.2) is 49.1 Å². The van der Waals surface area contributed by atoms with E-state index in [4.69, 9.17) is 21.1 Å². The second-order valence-corrected chi connectivity index (χ2v) is 7.17. The van der Waals surface area contributed by atoms with Gasteiger partial charge >= 0.3 is 12.1 Å². The number of hydrogen-bond acceptors (Lipinski definition) is 4. The number of esters is 1. The van der Waals surface area contributed by atoms with E-state index in [1.165, 1.54) is 63.3 Å².